The van der Waals surface area contributed by atoms with Crippen molar-refractivity contribution in [2.75, 3.05) is 0 Å². The van der Waals surface area contributed by atoms with E-state index in [4.69, 9.17) is 15.7 Å². The molecule has 0 aliphatic rings. The van der Waals surface area contributed by atoms with Crippen LogP contribution in [0.3, 0.4) is 0 Å². The van der Waals surface area contributed by atoms with Crippen molar-refractivity contribution in [3.05, 3.63) is 57.6 Å². The Morgan fingerprint density at radius 1 is 1.15 bits per heavy atom. The summed E-state index contributed by atoms with van der Waals surface area (Å²) in [6.07, 6.45) is 0. The zero-order chi connectivity index (χ0) is 14.7. The normalized spacial score (nSPS) is 11.4. The minimum atomic E-state index is 0.0229. The number of aryl methyl sites for hydroxylation is 2. The summed E-state index contributed by atoms with van der Waals surface area (Å²) in [5.41, 5.74) is 8.25. The lowest BCUT2D eigenvalue weighted by molar-refractivity contribution is 0.318. The van der Waals surface area contributed by atoms with E-state index >= 15 is 0 Å². The number of nitrogens with two attached hydrogens (primary N) is 1. The average molecular weight is 335 g/mol. The van der Waals surface area contributed by atoms with Crippen LogP contribution in [0.5, 0.6) is 11.5 Å². The third kappa shape index (κ3) is 3.11. The molecule has 2 aromatic carbocycles. The number of rotatable bonds is 3. The van der Waals surface area contributed by atoms with Crippen LogP contribution in [0.25, 0.3) is 0 Å². The number of benzene rings is 2. The highest BCUT2D eigenvalue weighted by Gasteiger charge is 2.11. The minimum absolute atomic E-state index is 0.0229. The Morgan fingerprint density at radius 2 is 1.90 bits per heavy atom. The molecule has 0 aromatic heterocycles. The van der Waals surface area contributed by atoms with Crippen molar-refractivity contribution in [1.29, 1.82) is 0 Å². The van der Waals surface area contributed by atoms with Gasteiger partial charge in [0, 0.05) is 4.47 Å². The Kier molecular flexibility index (Phi) is 4.29. The predicted octanol–water partition coefficient (Wildman–Crippen LogP) is 3.95. The first-order valence-electron chi connectivity index (χ1n) is 6.04. The minimum Gasteiger partial charge on any atom is -0.456 e. The van der Waals surface area contributed by atoms with Crippen molar-refractivity contribution < 1.29 is 9.94 Å². The smallest absolute Gasteiger partial charge is 0.173 e. The fourth-order valence-corrected chi connectivity index (χ4v) is 2.30. The van der Waals surface area contributed by atoms with Gasteiger partial charge in [0.05, 0.1) is 5.56 Å². The van der Waals surface area contributed by atoms with E-state index in [0.29, 0.717) is 11.3 Å². The molecule has 0 saturated carbocycles. The van der Waals surface area contributed by atoms with Gasteiger partial charge in [-0.3, -0.25) is 0 Å². The van der Waals surface area contributed by atoms with Crippen LogP contribution in [0, 0.1) is 13.8 Å². The van der Waals surface area contributed by atoms with Crippen LogP contribution >= 0.6 is 15.9 Å². The van der Waals surface area contributed by atoms with Gasteiger partial charge in [0.15, 0.2) is 5.84 Å². The molecule has 0 spiro atoms. The van der Waals surface area contributed by atoms with Gasteiger partial charge in [-0.2, -0.15) is 0 Å². The SMILES string of the molecule is Cc1ccc(C(N)=NO)c(Oc2ccc(Br)cc2C)c1. The highest BCUT2D eigenvalue weighted by Crippen LogP contribution is 2.30. The summed E-state index contributed by atoms with van der Waals surface area (Å²) in [5, 5.41) is 11.9. The van der Waals surface area contributed by atoms with E-state index in [9.17, 15) is 0 Å². The molecule has 0 heterocycles. The number of nitrogens with zero attached hydrogens (tertiary/aromatic N) is 1. The third-order valence-corrected chi connectivity index (χ3v) is 3.37. The summed E-state index contributed by atoms with van der Waals surface area (Å²) in [6, 6.07) is 11.3. The van der Waals surface area contributed by atoms with E-state index in [-0.39, 0.29) is 5.84 Å². The summed E-state index contributed by atoms with van der Waals surface area (Å²) in [7, 11) is 0. The highest BCUT2D eigenvalue weighted by atomic mass is 79.9. The maximum absolute atomic E-state index is 8.84. The zero-order valence-electron chi connectivity index (χ0n) is 11.2. The standard InChI is InChI=1S/C15H15BrN2O2/c1-9-3-5-12(15(17)18-19)14(7-9)20-13-6-4-11(16)8-10(13)2/h3-8,19H,1-2H3,(H2,17,18). The second-order valence-corrected chi connectivity index (χ2v) is 5.41. The number of halogens is 1. The van der Waals surface area contributed by atoms with E-state index in [1.807, 2.05) is 44.2 Å². The van der Waals surface area contributed by atoms with E-state index < -0.39 is 0 Å². The summed E-state index contributed by atoms with van der Waals surface area (Å²) in [6.45, 7) is 3.91. The molecule has 0 saturated heterocycles. The summed E-state index contributed by atoms with van der Waals surface area (Å²) in [4.78, 5) is 0. The molecular weight excluding hydrogens is 320 g/mol. The molecule has 0 amide bonds. The molecule has 0 radical (unpaired) electrons. The quantitative estimate of drug-likeness (QED) is 0.386. The molecule has 5 heteroatoms. The molecule has 2 aromatic rings. The lowest BCUT2D eigenvalue weighted by Gasteiger charge is -2.13. The van der Waals surface area contributed by atoms with Crippen molar-refractivity contribution in [1.82, 2.24) is 0 Å². The molecule has 0 fully saturated rings. The molecule has 2 rings (SSSR count). The third-order valence-electron chi connectivity index (χ3n) is 2.88. The van der Waals surface area contributed by atoms with Gasteiger partial charge in [-0.15, -0.1) is 0 Å². The Balaban J connectivity index is 2.44. The number of amidine groups is 1. The van der Waals surface area contributed by atoms with Crippen LogP contribution in [0.2, 0.25) is 0 Å². The molecule has 20 heavy (non-hydrogen) atoms. The summed E-state index contributed by atoms with van der Waals surface area (Å²) in [5.74, 6) is 1.31. The van der Waals surface area contributed by atoms with Gasteiger partial charge in [-0.05, 0) is 55.3 Å². The van der Waals surface area contributed by atoms with Crippen molar-refractivity contribution in [3.8, 4) is 11.5 Å². The van der Waals surface area contributed by atoms with Gasteiger partial charge in [-0.25, -0.2) is 0 Å². The van der Waals surface area contributed by atoms with Gasteiger partial charge >= 0.3 is 0 Å². The van der Waals surface area contributed by atoms with Crippen LogP contribution in [0.4, 0.5) is 0 Å². The lowest BCUT2D eigenvalue weighted by Crippen LogP contribution is -2.14. The topological polar surface area (TPSA) is 67.8 Å². The second-order valence-electron chi connectivity index (χ2n) is 4.50. The fraction of sp³-hybridized carbons (Fsp3) is 0.133. The van der Waals surface area contributed by atoms with Crippen molar-refractivity contribution in [3.63, 3.8) is 0 Å². The van der Waals surface area contributed by atoms with Gasteiger partial charge in [-0.1, -0.05) is 27.2 Å². The zero-order valence-corrected chi connectivity index (χ0v) is 12.8. The van der Waals surface area contributed by atoms with Crippen molar-refractivity contribution in [2.24, 2.45) is 10.9 Å². The first-order valence-corrected chi connectivity index (χ1v) is 6.83. The van der Waals surface area contributed by atoms with Gasteiger partial charge in [0.1, 0.15) is 11.5 Å². The first kappa shape index (κ1) is 14.4. The monoisotopic (exact) mass is 334 g/mol. The molecule has 0 unspecified atom stereocenters. The van der Waals surface area contributed by atoms with Crippen LogP contribution < -0.4 is 10.5 Å². The van der Waals surface area contributed by atoms with E-state index in [0.717, 1.165) is 21.3 Å². The van der Waals surface area contributed by atoms with Gasteiger partial charge < -0.3 is 15.7 Å². The molecule has 104 valence electrons. The van der Waals surface area contributed by atoms with E-state index in [2.05, 4.69) is 21.1 Å². The average Bonchev–Trinajstić information content (AvgIpc) is 2.41. The van der Waals surface area contributed by atoms with Crippen LogP contribution in [-0.4, -0.2) is 11.0 Å². The van der Waals surface area contributed by atoms with Crippen molar-refractivity contribution in [2.45, 2.75) is 13.8 Å². The summed E-state index contributed by atoms with van der Waals surface area (Å²) >= 11 is 3.41. The Labute approximate surface area is 126 Å². The van der Waals surface area contributed by atoms with Crippen LogP contribution in [0.1, 0.15) is 16.7 Å². The predicted molar refractivity (Wildman–Crippen MR) is 82.6 cm³/mol. The largest absolute Gasteiger partial charge is 0.456 e. The Hall–Kier alpha value is -2.01. The highest BCUT2D eigenvalue weighted by molar-refractivity contribution is 9.10. The van der Waals surface area contributed by atoms with Gasteiger partial charge in [0.25, 0.3) is 0 Å². The Morgan fingerprint density at radius 3 is 2.55 bits per heavy atom. The Bertz CT molecular complexity index is 669. The number of hydrogen-bond donors (Lipinski definition) is 2. The first-order chi connectivity index (χ1) is 9.51. The molecule has 0 bridgehead atoms. The molecule has 0 aliphatic heterocycles. The lowest BCUT2D eigenvalue weighted by atomic mass is 10.1. The molecule has 0 aliphatic carbocycles. The number of ether oxygens (including phenoxy) is 1. The molecule has 3 N–H and O–H groups in total. The molecule has 4 nitrogen and oxygen atoms in total. The maximum Gasteiger partial charge on any atom is 0.173 e. The van der Waals surface area contributed by atoms with E-state index in [1.165, 1.54) is 0 Å². The fourth-order valence-electron chi connectivity index (χ4n) is 1.83. The van der Waals surface area contributed by atoms with Crippen LogP contribution in [-0.2, 0) is 0 Å². The maximum atomic E-state index is 8.84. The van der Waals surface area contributed by atoms with Crippen LogP contribution in [0.15, 0.2) is 46.0 Å². The summed E-state index contributed by atoms with van der Waals surface area (Å²) < 4.78 is 6.90. The number of oxime groups is 1. The molecular formula is C15H15BrN2O2. The van der Waals surface area contributed by atoms with Crippen molar-refractivity contribution >= 4 is 21.8 Å². The number of hydrogen-bond acceptors (Lipinski definition) is 3. The second kappa shape index (κ2) is 5.96. The van der Waals surface area contributed by atoms with E-state index in [1.54, 1.807) is 6.07 Å². The van der Waals surface area contributed by atoms with Gasteiger partial charge in [0.2, 0.25) is 0 Å². The molecule has 0 atom stereocenters.